The van der Waals surface area contributed by atoms with E-state index in [-0.39, 0.29) is 10.8 Å². The number of hydrogen-bond acceptors (Lipinski definition) is 4. The van der Waals surface area contributed by atoms with E-state index in [1.807, 2.05) is 74.3 Å². The second-order valence-corrected chi connectivity index (χ2v) is 10.5. The lowest BCUT2D eigenvalue weighted by molar-refractivity contribution is 0.142. The molecular formula is C22H30N4O2S. The molecule has 1 aliphatic rings. The summed E-state index contributed by atoms with van der Waals surface area (Å²) in [7, 11) is -0.968. The van der Waals surface area contributed by atoms with Gasteiger partial charge >= 0.3 is 6.03 Å². The summed E-state index contributed by atoms with van der Waals surface area (Å²) in [6, 6.07) is 13.5. The van der Waals surface area contributed by atoms with Gasteiger partial charge in [0.15, 0.2) is 0 Å². The van der Waals surface area contributed by atoms with Gasteiger partial charge in [0.05, 0.1) is 5.69 Å². The van der Waals surface area contributed by atoms with Gasteiger partial charge in [-0.2, -0.15) is 0 Å². The summed E-state index contributed by atoms with van der Waals surface area (Å²) in [5, 5.41) is 2.99. The Kier molecular flexibility index (Phi) is 7.03. The minimum absolute atomic E-state index is 0.0865. The minimum Gasteiger partial charge on any atom is -0.322 e. The first-order valence-corrected chi connectivity index (χ1v) is 11.3. The monoisotopic (exact) mass is 414 g/mol. The maximum absolute atomic E-state index is 12.6. The quantitative estimate of drug-likeness (QED) is 0.814. The molecule has 0 bridgehead atoms. The van der Waals surface area contributed by atoms with Crippen molar-refractivity contribution in [2.75, 3.05) is 31.5 Å². The van der Waals surface area contributed by atoms with Crippen molar-refractivity contribution in [1.29, 1.82) is 0 Å². The van der Waals surface area contributed by atoms with Gasteiger partial charge in [0.1, 0.15) is 0 Å². The average molecular weight is 415 g/mol. The largest absolute Gasteiger partial charge is 0.322 e. The van der Waals surface area contributed by atoms with E-state index in [2.05, 4.69) is 15.2 Å². The molecule has 6 nitrogen and oxygen atoms in total. The molecule has 1 fully saturated rings. The van der Waals surface area contributed by atoms with Crippen LogP contribution < -0.4 is 5.32 Å². The molecule has 0 aliphatic carbocycles. The number of rotatable bonds is 5. The molecule has 1 aromatic carbocycles. The smallest absolute Gasteiger partial charge is 0.321 e. The highest BCUT2D eigenvalue weighted by molar-refractivity contribution is 7.85. The van der Waals surface area contributed by atoms with Crippen LogP contribution in [-0.4, -0.2) is 55.9 Å². The van der Waals surface area contributed by atoms with E-state index >= 15 is 0 Å². The molecule has 2 aromatic rings. The van der Waals surface area contributed by atoms with E-state index in [4.69, 9.17) is 0 Å². The number of urea groups is 1. The van der Waals surface area contributed by atoms with Gasteiger partial charge in [-0.05, 0) is 50.6 Å². The van der Waals surface area contributed by atoms with Gasteiger partial charge < -0.3 is 10.2 Å². The third-order valence-corrected chi connectivity index (χ3v) is 6.89. The van der Waals surface area contributed by atoms with Crippen molar-refractivity contribution in [3.05, 3.63) is 59.9 Å². The number of carbonyl (C=O) groups excluding carboxylic acids is 1. The van der Waals surface area contributed by atoms with Gasteiger partial charge in [-0.15, -0.1) is 0 Å². The Hall–Kier alpha value is -2.25. The lowest BCUT2D eigenvalue weighted by Crippen LogP contribution is -2.49. The van der Waals surface area contributed by atoms with Gasteiger partial charge in [0.25, 0.3) is 0 Å². The molecule has 29 heavy (non-hydrogen) atoms. The van der Waals surface area contributed by atoms with Crippen molar-refractivity contribution < 1.29 is 9.00 Å². The molecule has 2 heterocycles. The molecule has 1 aromatic heterocycles. The molecule has 1 N–H and O–H groups in total. The number of hydrogen-bond donors (Lipinski definition) is 1. The van der Waals surface area contributed by atoms with Crippen LogP contribution in [-0.2, 0) is 23.1 Å². The lowest BCUT2D eigenvalue weighted by Gasteiger charge is -2.34. The molecule has 1 aliphatic heterocycles. The first kappa shape index (κ1) is 21.5. The van der Waals surface area contributed by atoms with Crippen molar-refractivity contribution in [3.63, 3.8) is 0 Å². The van der Waals surface area contributed by atoms with Gasteiger partial charge in [-0.3, -0.25) is 14.1 Å². The fourth-order valence-electron chi connectivity index (χ4n) is 3.14. The number of anilines is 1. The fourth-order valence-corrected chi connectivity index (χ4v) is 4.05. The van der Waals surface area contributed by atoms with Gasteiger partial charge in [-0.1, -0.05) is 18.2 Å². The van der Waals surface area contributed by atoms with Crippen molar-refractivity contribution in [1.82, 2.24) is 14.8 Å². The normalized spacial score (nSPS) is 16.4. The molecule has 2 amide bonds. The second-order valence-electron chi connectivity index (χ2n) is 8.32. The lowest BCUT2D eigenvalue weighted by atomic mass is 10.2. The maximum Gasteiger partial charge on any atom is 0.321 e. The Morgan fingerprint density at radius 3 is 2.52 bits per heavy atom. The molecule has 1 atom stereocenters. The Labute approximate surface area is 175 Å². The molecule has 0 spiro atoms. The van der Waals surface area contributed by atoms with Crippen molar-refractivity contribution in [2.24, 2.45) is 0 Å². The van der Waals surface area contributed by atoms with Crippen LogP contribution in [0.5, 0.6) is 0 Å². The molecule has 0 radical (unpaired) electrons. The zero-order valence-electron chi connectivity index (χ0n) is 17.4. The van der Waals surface area contributed by atoms with Crippen molar-refractivity contribution >= 4 is 22.5 Å². The molecule has 0 unspecified atom stereocenters. The zero-order chi connectivity index (χ0) is 20.9. The highest BCUT2D eigenvalue weighted by Crippen LogP contribution is 2.19. The SMILES string of the molecule is CC(C)(C)[S@](=O)Cc1cccc(NC(=O)N2CCN(Cc3ccccn3)CC2)c1. The predicted octanol–water partition coefficient (Wildman–Crippen LogP) is 3.48. The summed E-state index contributed by atoms with van der Waals surface area (Å²) in [6.45, 7) is 9.76. The summed E-state index contributed by atoms with van der Waals surface area (Å²) in [5.41, 5.74) is 2.76. The van der Waals surface area contributed by atoms with Gasteiger partial charge in [-0.25, -0.2) is 4.79 Å². The van der Waals surface area contributed by atoms with E-state index in [0.717, 1.165) is 36.6 Å². The highest BCUT2D eigenvalue weighted by atomic mass is 32.2. The number of carbonyl (C=O) groups is 1. The number of aromatic nitrogens is 1. The van der Waals surface area contributed by atoms with Crippen LogP contribution in [0.4, 0.5) is 10.5 Å². The van der Waals surface area contributed by atoms with Crippen molar-refractivity contribution in [2.45, 2.75) is 37.8 Å². The first-order valence-electron chi connectivity index (χ1n) is 9.97. The third kappa shape index (κ3) is 6.37. The van der Waals surface area contributed by atoms with Gasteiger partial charge in [0.2, 0.25) is 0 Å². The predicted molar refractivity (Wildman–Crippen MR) is 118 cm³/mol. The molecule has 3 rings (SSSR count). The van der Waals surface area contributed by atoms with E-state index in [1.54, 1.807) is 0 Å². The summed E-state index contributed by atoms with van der Waals surface area (Å²) in [4.78, 5) is 21.2. The van der Waals surface area contributed by atoms with Crippen LogP contribution >= 0.6 is 0 Å². The number of amides is 2. The maximum atomic E-state index is 12.6. The van der Waals surface area contributed by atoms with Crippen LogP contribution in [0.1, 0.15) is 32.0 Å². The molecular weight excluding hydrogens is 384 g/mol. The molecule has 7 heteroatoms. The summed E-state index contributed by atoms with van der Waals surface area (Å²) < 4.78 is 12.1. The molecule has 1 saturated heterocycles. The highest BCUT2D eigenvalue weighted by Gasteiger charge is 2.22. The van der Waals surface area contributed by atoms with Crippen LogP contribution in [0, 0.1) is 0 Å². The van der Waals surface area contributed by atoms with Crippen molar-refractivity contribution in [3.8, 4) is 0 Å². The Bertz CT molecular complexity index is 843. The van der Waals surface area contributed by atoms with Crippen LogP contribution in [0.25, 0.3) is 0 Å². The number of nitrogens with zero attached hydrogens (tertiary/aromatic N) is 3. The van der Waals surface area contributed by atoms with E-state index in [0.29, 0.717) is 18.8 Å². The number of benzene rings is 1. The number of nitrogens with one attached hydrogen (secondary N) is 1. The van der Waals surface area contributed by atoms with E-state index < -0.39 is 10.8 Å². The second kappa shape index (κ2) is 9.50. The number of pyridine rings is 1. The first-order chi connectivity index (χ1) is 13.8. The van der Waals surface area contributed by atoms with E-state index in [9.17, 15) is 9.00 Å². The van der Waals surface area contributed by atoms with Crippen LogP contribution in [0.2, 0.25) is 0 Å². The summed E-state index contributed by atoms with van der Waals surface area (Å²) in [6.07, 6.45) is 1.81. The zero-order valence-corrected chi connectivity index (χ0v) is 18.2. The minimum atomic E-state index is -0.968. The van der Waals surface area contributed by atoms with Crippen LogP contribution in [0.15, 0.2) is 48.7 Å². The summed E-state index contributed by atoms with van der Waals surface area (Å²) in [5.74, 6) is 0.486. The van der Waals surface area contributed by atoms with E-state index in [1.165, 1.54) is 0 Å². The third-order valence-electron chi connectivity index (χ3n) is 4.93. The number of piperazine rings is 1. The molecule has 0 saturated carbocycles. The average Bonchev–Trinajstić information content (AvgIpc) is 2.69. The van der Waals surface area contributed by atoms with Gasteiger partial charge in [0, 0.05) is 65.9 Å². The Balaban J connectivity index is 1.51. The fraction of sp³-hybridized carbons (Fsp3) is 0.455. The Morgan fingerprint density at radius 1 is 1.10 bits per heavy atom. The summed E-state index contributed by atoms with van der Waals surface area (Å²) >= 11 is 0. The molecule has 156 valence electrons. The Morgan fingerprint density at radius 2 is 1.86 bits per heavy atom. The standard InChI is InChI=1S/C22H30N4O2S/c1-22(2,3)29(28)17-18-7-6-9-19(15-18)24-21(27)26-13-11-25(12-14-26)16-20-8-4-5-10-23-20/h4-10,15H,11-14,16-17H2,1-3H3,(H,24,27)/t29-/m1/s1. The van der Waals surface area contributed by atoms with Crippen LogP contribution in [0.3, 0.4) is 0 Å². The topological polar surface area (TPSA) is 65.5 Å².